The van der Waals surface area contributed by atoms with E-state index in [1.54, 1.807) is 30.5 Å². The third kappa shape index (κ3) is 3.91. The van der Waals surface area contributed by atoms with E-state index in [1.807, 2.05) is 24.3 Å². The summed E-state index contributed by atoms with van der Waals surface area (Å²) in [6.45, 7) is 2.76. The minimum absolute atomic E-state index is 0.254. The van der Waals surface area contributed by atoms with Gasteiger partial charge in [-0.2, -0.15) is 0 Å². The normalized spacial score (nSPS) is 10.6. The lowest BCUT2D eigenvalue weighted by atomic mass is 10.1. The third-order valence-corrected chi connectivity index (χ3v) is 4.18. The molecule has 0 aliphatic carbocycles. The number of hydrogen-bond acceptors (Lipinski definition) is 3. The number of aromatic nitrogens is 1. The number of carbonyl (C=O) groups is 1. The molecule has 0 unspecified atom stereocenters. The van der Waals surface area contributed by atoms with Crippen molar-refractivity contribution in [2.24, 2.45) is 0 Å². The van der Waals surface area contributed by atoms with Gasteiger partial charge in [0.05, 0.1) is 22.9 Å². The fourth-order valence-electron chi connectivity index (χ4n) is 2.53. The zero-order valence-electron chi connectivity index (χ0n) is 14.0. The summed E-state index contributed by atoms with van der Waals surface area (Å²) in [7, 11) is 0. The van der Waals surface area contributed by atoms with E-state index in [9.17, 15) is 4.79 Å². The summed E-state index contributed by atoms with van der Waals surface area (Å²) >= 11 is 6.11. The van der Waals surface area contributed by atoms with Crippen LogP contribution in [-0.2, 0) is 0 Å². The summed E-state index contributed by atoms with van der Waals surface area (Å²) in [4.78, 5) is 16.9. The molecule has 2 aromatic carbocycles. The van der Waals surface area contributed by atoms with Crippen LogP contribution >= 0.6 is 11.6 Å². The van der Waals surface area contributed by atoms with E-state index in [4.69, 9.17) is 16.3 Å². The number of benzene rings is 2. The van der Waals surface area contributed by atoms with E-state index < -0.39 is 0 Å². The zero-order valence-corrected chi connectivity index (χ0v) is 14.7. The molecule has 0 fully saturated rings. The molecular weight excluding hydrogens is 336 g/mol. The number of carbonyl (C=O) groups excluding carboxylic acids is 1. The number of ether oxygens (including phenoxy) is 1. The lowest BCUT2D eigenvalue weighted by molar-refractivity contribution is 0.102. The number of nitrogens with zero attached hydrogens (tertiary/aromatic N) is 1. The second-order valence-corrected chi connectivity index (χ2v) is 6.05. The number of halogens is 1. The van der Waals surface area contributed by atoms with Crippen LogP contribution in [0.4, 0.5) is 5.69 Å². The molecule has 0 saturated carbocycles. The summed E-state index contributed by atoms with van der Waals surface area (Å²) < 4.78 is 5.83. The summed E-state index contributed by atoms with van der Waals surface area (Å²) in [6, 6.07) is 14.4. The molecule has 128 valence electrons. The zero-order chi connectivity index (χ0) is 17.6. The fraction of sp³-hybridized carbons (Fsp3) is 0.200. The van der Waals surface area contributed by atoms with Crippen molar-refractivity contribution in [3.63, 3.8) is 0 Å². The van der Waals surface area contributed by atoms with Crippen molar-refractivity contribution < 1.29 is 9.53 Å². The van der Waals surface area contributed by atoms with Gasteiger partial charge in [-0.25, -0.2) is 0 Å². The van der Waals surface area contributed by atoms with Crippen LogP contribution in [-0.4, -0.2) is 17.5 Å². The Hall–Kier alpha value is -2.59. The molecule has 1 amide bonds. The number of fused-ring (bicyclic) bond motifs is 1. The first kappa shape index (κ1) is 17.2. The highest BCUT2D eigenvalue weighted by atomic mass is 35.5. The van der Waals surface area contributed by atoms with Crippen LogP contribution in [0, 0.1) is 0 Å². The largest absolute Gasteiger partial charge is 0.491 e. The smallest absolute Gasteiger partial charge is 0.257 e. The van der Waals surface area contributed by atoms with Gasteiger partial charge in [-0.3, -0.25) is 9.78 Å². The van der Waals surface area contributed by atoms with Gasteiger partial charge in [-0.05, 0) is 42.8 Å². The minimum Gasteiger partial charge on any atom is -0.491 e. The molecule has 0 saturated heterocycles. The van der Waals surface area contributed by atoms with E-state index >= 15 is 0 Å². The Morgan fingerprint density at radius 3 is 2.80 bits per heavy atom. The number of rotatable bonds is 6. The van der Waals surface area contributed by atoms with Gasteiger partial charge in [-0.1, -0.05) is 37.1 Å². The molecule has 1 aromatic heterocycles. The molecule has 25 heavy (non-hydrogen) atoms. The van der Waals surface area contributed by atoms with Gasteiger partial charge in [-0.15, -0.1) is 0 Å². The molecule has 4 nitrogen and oxygen atoms in total. The van der Waals surface area contributed by atoms with Crippen molar-refractivity contribution in [2.45, 2.75) is 19.8 Å². The number of pyridine rings is 1. The van der Waals surface area contributed by atoms with Crippen molar-refractivity contribution in [3.05, 3.63) is 65.3 Å². The summed E-state index contributed by atoms with van der Waals surface area (Å²) in [5, 5.41) is 4.17. The van der Waals surface area contributed by atoms with Crippen LogP contribution in [0.2, 0.25) is 5.02 Å². The Bertz CT molecular complexity index is 896. The minimum atomic E-state index is -0.254. The lowest BCUT2D eigenvalue weighted by Crippen LogP contribution is -2.13. The van der Waals surface area contributed by atoms with E-state index in [1.165, 1.54) is 0 Å². The fourth-order valence-corrected chi connectivity index (χ4v) is 2.76. The Morgan fingerprint density at radius 1 is 1.16 bits per heavy atom. The van der Waals surface area contributed by atoms with Gasteiger partial charge in [0.1, 0.15) is 11.3 Å². The van der Waals surface area contributed by atoms with Gasteiger partial charge >= 0.3 is 0 Å². The molecule has 0 aliphatic heterocycles. The third-order valence-electron chi connectivity index (χ3n) is 3.85. The van der Waals surface area contributed by atoms with Crippen LogP contribution in [0.15, 0.2) is 54.7 Å². The van der Waals surface area contributed by atoms with E-state index in [0.29, 0.717) is 22.9 Å². The predicted molar refractivity (Wildman–Crippen MR) is 102 cm³/mol. The van der Waals surface area contributed by atoms with Crippen molar-refractivity contribution >= 4 is 34.1 Å². The molecule has 3 rings (SSSR count). The van der Waals surface area contributed by atoms with Crippen LogP contribution in [0.25, 0.3) is 10.9 Å². The van der Waals surface area contributed by atoms with E-state index in [0.717, 1.165) is 29.5 Å². The maximum absolute atomic E-state index is 12.5. The van der Waals surface area contributed by atoms with Crippen LogP contribution in [0.5, 0.6) is 5.75 Å². The Kier molecular flexibility index (Phi) is 5.51. The van der Waals surface area contributed by atoms with Crippen LogP contribution < -0.4 is 10.1 Å². The first-order chi connectivity index (χ1) is 12.2. The standard InChI is InChI=1S/C20H19ClN2O2/c1-2-3-13-25-18-11-10-17(15-8-6-12-22-19(15)18)23-20(24)14-7-4-5-9-16(14)21/h4-12H,2-3,13H2,1H3,(H,23,24). The van der Waals surface area contributed by atoms with Crippen molar-refractivity contribution in [1.82, 2.24) is 4.98 Å². The predicted octanol–water partition coefficient (Wildman–Crippen LogP) is 5.32. The number of amides is 1. The maximum atomic E-state index is 12.5. The summed E-state index contributed by atoms with van der Waals surface area (Å²) in [5.41, 5.74) is 1.84. The van der Waals surface area contributed by atoms with Gasteiger partial charge in [0.2, 0.25) is 0 Å². The molecule has 0 spiro atoms. The molecule has 0 bridgehead atoms. The Balaban J connectivity index is 1.91. The SMILES string of the molecule is CCCCOc1ccc(NC(=O)c2ccccc2Cl)c2cccnc12. The average Bonchev–Trinajstić information content (AvgIpc) is 2.64. The summed E-state index contributed by atoms with van der Waals surface area (Å²) in [6.07, 6.45) is 3.77. The van der Waals surface area contributed by atoms with Crippen LogP contribution in [0.1, 0.15) is 30.1 Å². The summed E-state index contributed by atoms with van der Waals surface area (Å²) in [5.74, 6) is 0.468. The lowest BCUT2D eigenvalue weighted by Gasteiger charge is -2.13. The van der Waals surface area contributed by atoms with Gasteiger partial charge in [0.15, 0.2) is 0 Å². The van der Waals surface area contributed by atoms with Gasteiger partial charge < -0.3 is 10.1 Å². The first-order valence-electron chi connectivity index (χ1n) is 8.27. The molecule has 1 N–H and O–H groups in total. The molecule has 1 heterocycles. The van der Waals surface area contributed by atoms with E-state index in [-0.39, 0.29) is 5.91 Å². The molecule has 0 aliphatic rings. The van der Waals surface area contributed by atoms with Crippen LogP contribution in [0.3, 0.4) is 0 Å². The van der Waals surface area contributed by atoms with Crippen molar-refractivity contribution in [2.75, 3.05) is 11.9 Å². The van der Waals surface area contributed by atoms with Gasteiger partial charge in [0, 0.05) is 11.6 Å². The highest BCUT2D eigenvalue weighted by Crippen LogP contribution is 2.30. The number of hydrogen-bond donors (Lipinski definition) is 1. The van der Waals surface area contributed by atoms with Gasteiger partial charge in [0.25, 0.3) is 5.91 Å². The van der Waals surface area contributed by atoms with Crippen molar-refractivity contribution in [1.29, 1.82) is 0 Å². The van der Waals surface area contributed by atoms with Crippen molar-refractivity contribution in [3.8, 4) is 5.75 Å². The Morgan fingerprint density at radius 2 is 2.00 bits per heavy atom. The molecule has 0 radical (unpaired) electrons. The number of nitrogens with one attached hydrogen (secondary N) is 1. The maximum Gasteiger partial charge on any atom is 0.257 e. The molecule has 3 aromatic rings. The average molecular weight is 355 g/mol. The quantitative estimate of drug-likeness (QED) is 0.609. The van der Waals surface area contributed by atoms with E-state index in [2.05, 4.69) is 17.2 Å². The second kappa shape index (κ2) is 7.99. The number of unbranched alkanes of at least 4 members (excludes halogenated alkanes) is 1. The molecular formula is C20H19ClN2O2. The molecule has 5 heteroatoms. The Labute approximate surface area is 151 Å². The topological polar surface area (TPSA) is 51.2 Å². The first-order valence-corrected chi connectivity index (χ1v) is 8.65. The highest BCUT2D eigenvalue weighted by molar-refractivity contribution is 6.34. The highest BCUT2D eigenvalue weighted by Gasteiger charge is 2.13. The monoisotopic (exact) mass is 354 g/mol. The number of anilines is 1. The second-order valence-electron chi connectivity index (χ2n) is 5.65. The molecule has 0 atom stereocenters.